The normalized spacial score (nSPS) is 11.6. The van der Waals surface area contributed by atoms with Crippen LogP contribution in [-0.4, -0.2) is 10.9 Å². The van der Waals surface area contributed by atoms with Gasteiger partial charge < -0.3 is 9.73 Å². The summed E-state index contributed by atoms with van der Waals surface area (Å²) in [5.41, 5.74) is 2.53. The Kier molecular flexibility index (Phi) is 3.45. The lowest BCUT2D eigenvalue weighted by Crippen LogP contribution is -2.34. The minimum absolute atomic E-state index is 0.0608. The molecule has 1 amide bonds. The van der Waals surface area contributed by atoms with E-state index in [0.29, 0.717) is 17.2 Å². The molecule has 22 heavy (non-hydrogen) atoms. The van der Waals surface area contributed by atoms with Crippen molar-refractivity contribution in [3.05, 3.63) is 60.0 Å². The molecule has 0 atom stereocenters. The number of hydrogen-bond acceptors (Lipinski definition) is 3. The largest absolute Gasteiger partial charge is 0.441 e. The molecule has 112 valence electrons. The molecule has 0 saturated heterocycles. The number of amides is 1. The first-order chi connectivity index (χ1) is 10.5. The molecule has 4 heteroatoms. The Labute approximate surface area is 129 Å². The highest BCUT2D eigenvalue weighted by molar-refractivity contribution is 5.99. The van der Waals surface area contributed by atoms with Crippen molar-refractivity contribution in [2.75, 3.05) is 5.32 Å². The Bertz CT molecular complexity index is 819. The fraction of sp³-hybridized carbons (Fsp3) is 0.222. The highest BCUT2D eigenvalue weighted by Crippen LogP contribution is 2.26. The first-order valence-corrected chi connectivity index (χ1v) is 7.21. The van der Waals surface area contributed by atoms with Crippen molar-refractivity contribution in [2.24, 2.45) is 0 Å². The zero-order valence-electron chi connectivity index (χ0n) is 12.9. The molecule has 0 bridgehead atoms. The number of benzene rings is 2. The quantitative estimate of drug-likeness (QED) is 0.792. The highest BCUT2D eigenvalue weighted by atomic mass is 16.3. The van der Waals surface area contributed by atoms with Crippen molar-refractivity contribution in [3.63, 3.8) is 0 Å². The van der Waals surface area contributed by atoms with Crippen LogP contribution in [0.2, 0.25) is 0 Å². The molecule has 0 aliphatic heterocycles. The summed E-state index contributed by atoms with van der Waals surface area (Å²) >= 11 is 0. The van der Waals surface area contributed by atoms with Gasteiger partial charge in [0.25, 0.3) is 0 Å². The number of oxazole rings is 1. The summed E-state index contributed by atoms with van der Waals surface area (Å²) in [5, 5.41) is 2.96. The third-order valence-corrected chi connectivity index (χ3v) is 3.82. The van der Waals surface area contributed by atoms with E-state index in [-0.39, 0.29) is 5.91 Å². The molecule has 0 unspecified atom stereocenters. The van der Waals surface area contributed by atoms with Gasteiger partial charge in [0.05, 0.1) is 5.41 Å². The molecule has 0 aliphatic rings. The number of anilines is 1. The standard InChI is InChI=1S/C18H18N2O2/c1-12-19-15-10-9-14(11-16(15)22-12)20-17(21)18(2,3)13-7-5-4-6-8-13/h4-11H,1-3H3,(H,20,21). The molecule has 1 heterocycles. The minimum atomic E-state index is -0.618. The molecule has 4 nitrogen and oxygen atoms in total. The van der Waals surface area contributed by atoms with Crippen LogP contribution in [-0.2, 0) is 10.2 Å². The lowest BCUT2D eigenvalue weighted by molar-refractivity contribution is -0.120. The predicted molar refractivity (Wildman–Crippen MR) is 86.8 cm³/mol. The second kappa shape index (κ2) is 5.30. The number of aromatic nitrogens is 1. The van der Waals surface area contributed by atoms with Crippen LogP contribution in [0.25, 0.3) is 11.1 Å². The van der Waals surface area contributed by atoms with Gasteiger partial charge in [-0.2, -0.15) is 0 Å². The van der Waals surface area contributed by atoms with E-state index in [9.17, 15) is 4.79 Å². The second-order valence-electron chi connectivity index (χ2n) is 5.86. The maximum absolute atomic E-state index is 12.6. The van der Waals surface area contributed by atoms with Crippen LogP contribution in [0.4, 0.5) is 5.69 Å². The lowest BCUT2D eigenvalue weighted by Gasteiger charge is -2.24. The minimum Gasteiger partial charge on any atom is -0.441 e. The first kappa shape index (κ1) is 14.3. The molecule has 2 aromatic carbocycles. The van der Waals surface area contributed by atoms with Crippen molar-refractivity contribution >= 4 is 22.7 Å². The second-order valence-corrected chi connectivity index (χ2v) is 5.86. The summed E-state index contributed by atoms with van der Waals surface area (Å²) in [4.78, 5) is 16.9. The number of fused-ring (bicyclic) bond motifs is 1. The number of aryl methyl sites for hydroxylation is 1. The van der Waals surface area contributed by atoms with E-state index in [0.717, 1.165) is 11.1 Å². The van der Waals surface area contributed by atoms with Crippen LogP contribution in [0.15, 0.2) is 52.9 Å². The summed E-state index contributed by atoms with van der Waals surface area (Å²) in [6, 6.07) is 15.2. The monoisotopic (exact) mass is 294 g/mol. The van der Waals surface area contributed by atoms with E-state index < -0.39 is 5.41 Å². The third-order valence-electron chi connectivity index (χ3n) is 3.82. The zero-order valence-corrected chi connectivity index (χ0v) is 12.9. The summed E-state index contributed by atoms with van der Waals surface area (Å²) in [6.07, 6.45) is 0. The van der Waals surface area contributed by atoms with E-state index in [1.807, 2.05) is 56.3 Å². The van der Waals surface area contributed by atoms with E-state index in [1.54, 1.807) is 13.0 Å². The van der Waals surface area contributed by atoms with Crippen LogP contribution in [0, 0.1) is 6.92 Å². The van der Waals surface area contributed by atoms with Gasteiger partial charge >= 0.3 is 0 Å². The molecule has 0 fully saturated rings. The topological polar surface area (TPSA) is 55.1 Å². The molecular formula is C18H18N2O2. The number of nitrogens with one attached hydrogen (secondary N) is 1. The molecule has 3 aromatic rings. The van der Waals surface area contributed by atoms with Gasteiger partial charge in [-0.1, -0.05) is 30.3 Å². The smallest absolute Gasteiger partial charge is 0.234 e. The number of nitrogens with zero attached hydrogens (tertiary/aromatic N) is 1. The molecule has 0 spiro atoms. The fourth-order valence-electron chi connectivity index (χ4n) is 2.39. The van der Waals surface area contributed by atoms with Gasteiger partial charge in [-0.3, -0.25) is 4.79 Å². The Morgan fingerprint density at radius 1 is 1.14 bits per heavy atom. The van der Waals surface area contributed by atoms with Crippen LogP contribution >= 0.6 is 0 Å². The van der Waals surface area contributed by atoms with Crippen molar-refractivity contribution < 1.29 is 9.21 Å². The van der Waals surface area contributed by atoms with Crippen LogP contribution in [0.5, 0.6) is 0 Å². The molecular weight excluding hydrogens is 276 g/mol. The van der Waals surface area contributed by atoms with Gasteiger partial charge in [-0.15, -0.1) is 0 Å². The summed E-state index contributed by atoms with van der Waals surface area (Å²) in [5.74, 6) is 0.553. The maximum atomic E-state index is 12.6. The fourth-order valence-corrected chi connectivity index (χ4v) is 2.39. The van der Waals surface area contributed by atoms with E-state index >= 15 is 0 Å². The summed E-state index contributed by atoms with van der Waals surface area (Å²) < 4.78 is 5.50. The first-order valence-electron chi connectivity index (χ1n) is 7.21. The summed E-state index contributed by atoms with van der Waals surface area (Å²) in [7, 11) is 0. The number of rotatable bonds is 3. The van der Waals surface area contributed by atoms with E-state index in [1.165, 1.54) is 0 Å². The molecule has 1 N–H and O–H groups in total. The number of carbonyl (C=O) groups is 1. The number of carbonyl (C=O) groups excluding carboxylic acids is 1. The van der Waals surface area contributed by atoms with Crippen molar-refractivity contribution in [1.82, 2.24) is 4.98 Å². The van der Waals surface area contributed by atoms with Crippen molar-refractivity contribution in [3.8, 4) is 0 Å². The molecule has 3 rings (SSSR count). The molecule has 0 saturated carbocycles. The lowest BCUT2D eigenvalue weighted by atomic mass is 9.83. The van der Waals surface area contributed by atoms with E-state index in [2.05, 4.69) is 10.3 Å². The van der Waals surface area contributed by atoms with Gasteiger partial charge in [0.15, 0.2) is 11.5 Å². The summed E-state index contributed by atoms with van der Waals surface area (Å²) in [6.45, 7) is 5.63. The highest BCUT2D eigenvalue weighted by Gasteiger charge is 2.29. The Morgan fingerprint density at radius 2 is 1.86 bits per heavy atom. The molecule has 0 aliphatic carbocycles. The Hall–Kier alpha value is -2.62. The van der Waals surface area contributed by atoms with Crippen molar-refractivity contribution in [2.45, 2.75) is 26.2 Å². The molecule has 0 radical (unpaired) electrons. The van der Waals surface area contributed by atoms with E-state index in [4.69, 9.17) is 4.42 Å². The average Bonchev–Trinajstić information content (AvgIpc) is 2.87. The Balaban J connectivity index is 1.86. The average molecular weight is 294 g/mol. The third kappa shape index (κ3) is 2.60. The predicted octanol–water partition coefficient (Wildman–Crippen LogP) is 4.05. The van der Waals surface area contributed by atoms with Gasteiger partial charge in [-0.05, 0) is 31.5 Å². The van der Waals surface area contributed by atoms with Gasteiger partial charge in [-0.25, -0.2) is 4.98 Å². The zero-order chi connectivity index (χ0) is 15.7. The van der Waals surface area contributed by atoms with Crippen LogP contribution in [0.3, 0.4) is 0 Å². The molecule has 1 aromatic heterocycles. The van der Waals surface area contributed by atoms with Gasteiger partial charge in [0.2, 0.25) is 5.91 Å². The van der Waals surface area contributed by atoms with Crippen molar-refractivity contribution in [1.29, 1.82) is 0 Å². The van der Waals surface area contributed by atoms with Gasteiger partial charge in [0.1, 0.15) is 5.52 Å². The maximum Gasteiger partial charge on any atom is 0.234 e. The van der Waals surface area contributed by atoms with Crippen LogP contribution in [0.1, 0.15) is 25.3 Å². The Morgan fingerprint density at radius 3 is 2.59 bits per heavy atom. The SMILES string of the molecule is Cc1nc2ccc(NC(=O)C(C)(C)c3ccccc3)cc2o1. The van der Waals surface area contributed by atoms with Crippen LogP contribution < -0.4 is 5.32 Å². The number of hydrogen-bond donors (Lipinski definition) is 1. The van der Waals surface area contributed by atoms with Gasteiger partial charge in [0, 0.05) is 18.7 Å².